The summed E-state index contributed by atoms with van der Waals surface area (Å²) in [5.74, 6) is -0.265. The zero-order chi connectivity index (χ0) is 15.0. The van der Waals surface area contributed by atoms with E-state index in [0.717, 1.165) is 28.7 Å². The number of rotatable bonds is 2. The van der Waals surface area contributed by atoms with Crippen molar-refractivity contribution in [3.05, 3.63) is 68.7 Å². The number of hydrogen-bond donors (Lipinski definition) is 0. The molecule has 4 heteroatoms. The second-order valence-corrected chi connectivity index (χ2v) is 5.84. The lowest BCUT2D eigenvalue weighted by Gasteiger charge is -2.29. The maximum absolute atomic E-state index is 11.8. The summed E-state index contributed by atoms with van der Waals surface area (Å²) in [6, 6.07) is 11.5. The number of halogens is 2. The Balaban J connectivity index is 2.19. The van der Waals surface area contributed by atoms with Crippen LogP contribution in [0.4, 0.5) is 0 Å². The molecule has 2 aromatic carbocycles. The zero-order valence-corrected chi connectivity index (χ0v) is 13.0. The molecule has 3 rings (SSSR count). The van der Waals surface area contributed by atoms with Gasteiger partial charge >= 0.3 is 5.97 Å². The number of benzene rings is 2. The van der Waals surface area contributed by atoms with Crippen molar-refractivity contribution in [2.45, 2.75) is 25.9 Å². The first-order valence-electron chi connectivity index (χ1n) is 6.86. The van der Waals surface area contributed by atoms with Gasteiger partial charge in [0.25, 0.3) is 0 Å². The van der Waals surface area contributed by atoms with Gasteiger partial charge in [-0.3, -0.25) is 4.79 Å². The average Bonchev–Trinajstić information content (AvgIpc) is 2.46. The molecular formula is C17H14Cl2O2. The summed E-state index contributed by atoms with van der Waals surface area (Å²) in [6.07, 6.45) is 0.528. The summed E-state index contributed by atoms with van der Waals surface area (Å²) < 4.78 is 5.65. The second-order valence-electron chi connectivity index (χ2n) is 5.03. The molecule has 2 aromatic rings. The van der Waals surface area contributed by atoms with Crippen LogP contribution < -0.4 is 0 Å². The van der Waals surface area contributed by atoms with Crippen molar-refractivity contribution in [1.29, 1.82) is 0 Å². The van der Waals surface area contributed by atoms with Crippen molar-refractivity contribution in [2.24, 2.45) is 0 Å². The quantitative estimate of drug-likeness (QED) is 0.732. The maximum Gasteiger partial charge on any atom is 0.306 e. The Morgan fingerprint density at radius 3 is 2.10 bits per heavy atom. The third kappa shape index (κ3) is 2.54. The van der Waals surface area contributed by atoms with Crippen molar-refractivity contribution in [3.8, 4) is 0 Å². The molecule has 0 spiro atoms. The largest absolute Gasteiger partial charge is 0.452 e. The molecule has 0 saturated carbocycles. The van der Waals surface area contributed by atoms with Gasteiger partial charge in [0, 0.05) is 27.6 Å². The van der Waals surface area contributed by atoms with E-state index in [4.69, 9.17) is 27.9 Å². The first kappa shape index (κ1) is 14.4. The van der Waals surface area contributed by atoms with Crippen LogP contribution in [-0.4, -0.2) is 5.97 Å². The first-order chi connectivity index (χ1) is 10.1. The van der Waals surface area contributed by atoms with Gasteiger partial charge in [0.15, 0.2) is 6.10 Å². The molecule has 0 heterocycles. The van der Waals surface area contributed by atoms with Crippen LogP contribution in [0.2, 0.25) is 10.0 Å². The lowest BCUT2D eigenvalue weighted by molar-refractivity contribution is -0.147. The van der Waals surface area contributed by atoms with E-state index < -0.39 is 6.10 Å². The van der Waals surface area contributed by atoms with Gasteiger partial charge in [-0.05, 0) is 29.7 Å². The van der Waals surface area contributed by atoms with Gasteiger partial charge in [-0.1, -0.05) is 54.4 Å². The normalized spacial score (nSPS) is 13.5. The fourth-order valence-corrected chi connectivity index (χ4v) is 3.33. The van der Waals surface area contributed by atoms with Crippen molar-refractivity contribution >= 4 is 29.2 Å². The molecule has 1 aliphatic rings. The molecule has 0 amide bonds. The highest BCUT2D eigenvalue weighted by Gasteiger charge is 2.31. The highest BCUT2D eigenvalue weighted by atomic mass is 35.5. The van der Waals surface area contributed by atoms with Crippen LogP contribution in [0.15, 0.2) is 36.4 Å². The monoisotopic (exact) mass is 320 g/mol. The first-order valence-corrected chi connectivity index (χ1v) is 7.61. The van der Waals surface area contributed by atoms with Gasteiger partial charge in [-0.15, -0.1) is 0 Å². The van der Waals surface area contributed by atoms with Crippen molar-refractivity contribution in [3.63, 3.8) is 0 Å². The summed E-state index contributed by atoms with van der Waals surface area (Å²) >= 11 is 12.7. The minimum atomic E-state index is -0.529. The van der Waals surface area contributed by atoms with E-state index in [1.54, 1.807) is 6.92 Å². The Bertz CT molecular complexity index is 658. The molecule has 0 atom stereocenters. The Hall–Kier alpha value is -1.51. The molecule has 0 fully saturated rings. The van der Waals surface area contributed by atoms with E-state index in [1.165, 1.54) is 0 Å². The maximum atomic E-state index is 11.8. The fraction of sp³-hybridized carbons (Fsp3) is 0.235. The van der Waals surface area contributed by atoms with Crippen LogP contribution in [0.5, 0.6) is 0 Å². The van der Waals surface area contributed by atoms with Crippen molar-refractivity contribution in [1.82, 2.24) is 0 Å². The van der Waals surface area contributed by atoms with E-state index in [2.05, 4.69) is 0 Å². The molecule has 0 aliphatic heterocycles. The minimum absolute atomic E-state index is 0.265. The predicted molar refractivity (Wildman–Crippen MR) is 83.9 cm³/mol. The lowest BCUT2D eigenvalue weighted by Crippen LogP contribution is -2.20. The summed E-state index contributed by atoms with van der Waals surface area (Å²) in [5.41, 5.74) is 3.85. The number of fused-ring (bicyclic) bond motifs is 2. The summed E-state index contributed by atoms with van der Waals surface area (Å²) in [6.45, 7) is 1.77. The van der Waals surface area contributed by atoms with E-state index in [0.29, 0.717) is 16.5 Å². The molecule has 0 saturated heterocycles. The van der Waals surface area contributed by atoms with E-state index >= 15 is 0 Å². The molecule has 0 bridgehead atoms. The third-order valence-electron chi connectivity index (χ3n) is 3.73. The highest BCUT2D eigenvalue weighted by molar-refractivity contribution is 6.32. The standard InChI is InChI=1S/C17H14Cl2O2/c1-2-14(20)21-17-15-10(5-3-7-12(15)18)9-11-6-4-8-13(19)16(11)17/h3-8,17H,2,9H2,1H3. The Kier molecular flexibility index (Phi) is 3.92. The molecule has 21 heavy (non-hydrogen) atoms. The Morgan fingerprint density at radius 1 is 1.10 bits per heavy atom. The number of hydrogen-bond acceptors (Lipinski definition) is 2. The molecule has 108 valence electrons. The molecule has 0 N–H and O–H groups in total. The second kappa shape index (κ2) is 5.70. The fourth-order valence-electron chi connectivity index (χ4n) is 2.74. The molecule has 1 aliphatic carbocycles. The predicted octanol–water partition coefficient (Wildman–Crippen LogP) is 4.94. The van der Waals surface area contributed by atoms with E-state index in [-0.39, 0.29) is 5.97 Å². The summed E-state index contributed by atoms with van der Waals surface area (Å²) in [5, 5.41) is 1.21. The lowest BCUT2D eigenvalue weighted by atomic mass is 9.83. The van der Waals surface area contributed by atoms with Gasteiger partial charge in [-0.25, -0.2) is 0 Å². The summed E-state index contributed by atoms with van der Waals surface area (Å²) in [7, 11) is 0. The van der Waals surface area contributed by atoms with Crippen LogP contribution in [0.3, 0.4) is 0 Å². The number of esters is 1. The van der Waals surface area contributed by atoms with Gasteiger partial charge in [0.2, 0.25) is 0 Å². The van der Waals surface area contributed by atoms with Crippen molar-refractivity contribution in [2.75, 3.05) is 0 Å². The topological polar surface area (TPSA) is 26.3 Å². The Morgan fingerprint density at radius 2 is 1.62 bits per heavy atom. The van der Waals surface area contributed by atoms with Crippen LogP contribution in [0.25, 0.3) is 0 Å². The minimum Gasteiger partial charge on any atom is -0.452 e. The smallest absolute Gasteiger partial charge is 0.306 e. The highest BCUT2D eigenvalue weighted by Crippen LogP contribution is 2.43. The average molecular weight is 321 g/mol. The van der Waals surface area contributed by atoms with Gasteiger partial charge < -0.3 is 4.74 Å². The SMILES string of the molecule is CCC(=O)OC1c2c(Cl)cccc2Cc2cccc(Cl)c21. The zero-order valence-electron chi connectivity index (χ0n) is 11.5. The molecule has 0 aromatic heterocycles. The number of ether oxygens (including phenoxy) is 1. The summed E-state index contributed by atoms with van der Waals surface area (Å²) in [4.78, 5) is 11.8. The number of carbonyl (C=O) groups is 1. The van der Waals surface area contributed by atoms with Gasteiger partial charge in [0.1, 0.15) is 0 Å². The third-order valence-corrected chi connectivity index (χ3v) is 4.39. The van der Waals surface area contributed by atoms with Gasteiger partial charge in [0.05, 0.1) is 0 Å². The van der Waals surface area contributed by atoms with Crippen LogP contribution in [0, 0.1) is 0 Å². The number of carbonyl (C=O) groups excluding carboxylic acids is 1. The Labute approximate surface area is 133 Å². The van der Waals surface area contributed by atoms with Crippen LogP contribution in [-0.2, 0) is 16.0 Å². The molecular weight excluding hydrogens is 307 g/mol. The van der Waals surface area contributed by atoms with Crippen LogP contribution in [0.1, 0.15) is 41.7 Å². The van der Waals surface area contributed by atoms with Crippen molar-refractivity contribution < 1.29 is 9.53 Å². The van der Waals surface area contributed by atoms with Gasteiger partial charge in [-0.2, -0.15) is 0 Å². The van der Waals surface area contributed by atoms with Crippen LogP contribution >= 0.6 is 23.2 Å². The molecule has 0 unspecified atom stereocenters. The van der Waals surface area contributed by atoms with E-state index in [9.17, 15) is 4.79 Å². The molecule has 0 radical (unpaired) electrons. The molecule has 2 nitrogen and oxygen atoms in total. The van der Waals surface area contributed by atoms with E-state index in [1.807, 2.05) is 36.4 Å².